The van der Waals surface area contributed by atoms with Crippen molar-refractivity contribution >= 4 is 32.6 Å². The smallest absolute Gasteiger partial charge is 0.195 e. The number of halogens is 1. The highest BCUT2D eigenvalue weighted by molar-refractivity contribution is 9.10. The molecule has 3 rings (SSSR count). The maximum atomic E-state index is 12.8. The van der Waals surface area contributed by atoms with Crippen LogP contribution in [0.1, 0.15) is 27.2 Å². The number of nitrogens with one attached hydrogen (secondary N) is 1. The minimum Gasteiger partial charge on any atom is -0.358 e. The number of aryl methyl sites for hydroxylation is 2. The second-order valence-electron chi connectivity index (χ2n) is 5.02. The second-order valence-corrected chi connectivity index (χ2v) is 5.93. The molecule has 2 aromatic carbocycles. The lowest BCUT2D eigenvalue weighted by Crippen LogP contribution is -2.03. The van der Waals surface area contributed by atoms with Crippen LogP contribution in [0.4, 0.5) is 0 Å². The maximum absolute atomic E-state index is 12.8. The summed E-state index contributed by atoms with van der Waals surface area (Å²) in [7, 11) is 0. The second kappa shape index (κ2) is 4.91. The molecule has 0 radical (unpaired) electrons. The molecule has 1 heterocycles. The van der Waals surface area contributed by atoms with E-state index in [0.29, 0.717) is 5.56 Å². The highest BCUT2D eigenvalue weighted by Gasteiger charge is 2.17. The number of carbonyl (C=O) groups is 1. The van der Waals surface area contributed by atoms with Gasteiger partial charge in [-0.15, -0.1) is 0 Å². The minimum absolute atomic E-state index is 0.0596. The Morgan fingerprint density at radius 2 is 1.85 bits per heavy atom. The van der Waals surface area contributed by atoms with Gasteiger partial charge in [-0.1, -0.05) is 34.1 Å². The van der Waals surface area contributed by atoms with Gasteiger partial charge in [-0.2, -0.15) is 0 Å². The predicted molar refractivity (Wildman–Crippen MR) is 85.3 cm³/mol. The number of rotatable bonds is 2. The first-order chi connectivity index (χ1) is 9.56. The van der Waals surface area contributed by atoms with E-state index in [4.69, 9.17) is 0 Å². The zero-order valence-corrected chi connectivity index (χ0v) is 12.9. The molecule has 100 valence electrons. The summed E-state index contributed by atoms with van der Waals surface area (Å²) in [5.41, 5.74) is 4.46. The Labute approximate surface area is 126 Å². The Morgan fingerprint density at radius 3 is 2.60 bits per heavy atom. The molecular weight excluding hydrogens is 314 g/mol. The summed E-state index contributed by atoms with van der Waals surface area (Å²) >= 11 is 3.45. The molecule has 3 aromatic rings. The van der Waals surface area contributed by atoms with Gasteiger partial charge in [0.25, 0.3) is 0 Å². The minimum atomic E-state index is 0.0596. The number of carbonyl (C=O) groups excluding carboxylic acids is 1. The molecule has 3 heteroatoms. The van der Waals surface area contributed by atoms with Crippen molar-refractivity contribution in [1.82, 2.24) is 4.98 Å². The lowest BCUT2D eigenvalue weighted by atomic mass is 9.99. The van der Waals surface area contributed by atoms with Gasteiger partial charge >= 0.3 is 0 Å². The van der Waals surface area contributed by atoms with Crippen LogP contribution in [0.25, 0.3) is 10.9 Å². The molecule has 0 amide bonds. The molecule has 0 saturated heterocycles. The molecule has 0 aliphatic rings. The van der Waals surface area contributed by atoms with Crippen molar-refractivity contribution in [2.75, 3.05) is 0 Å². The number of benzene rings is 2. The van der Waals surface area contributed by atoms with E-state index in [-0.39, 0.29) is 5.78 Å². The number of H-pyrrole nitrogens is 1. The summed E-state index contributed by atoms with van der Waals surface area (Å²) in [5.74, 6) is 0.0596. The van der Waals surface area contributed by atoms with Crippen LogP contribution in [0.2, 0.25) is 0 Å². The summed E-state index contributed by atoms with van der Waals surface area (Å²) in [6.45, 7) is 3.93. The summed E-state index contributed by atoms with van der Waals surface area (Å²) in [4.78, 5) is 16.1. The highest BCUT2D eigenvalue weighted by Crippen LogP contribution is 2.26. The van der Waals surface area contributed by atoms with Crippen LogP contribution >= 0.6 is 15.9 Å². The third-order valence-corrected chi connectivity index (χ3v) is 3.88. The summed E-state index contributed by atoms with van der Waals surface area (Å²) in [5, 5.41) is 0.979. The largest absolute Gasteiger partial charge is 0.358 e. The predicted octanol–water partition coefficient (Wildman–Crippen LogP) is 4.78. The molecule has 0 aliphatic carbocycles. The van der Waals surface area contributed by atoms with Crippen LogP contribution in [0.3, 0.4) is 0 Å². The molecule has 0 aliphatic heterocycles. The third kappa shape index (κ3) is 2.18. The van der Waals surface area contributed by atoms with E-state index < -0.39 is 0 Å². The molecule has 0 unspecified atom stereocenters. The molecule has 20 heavy (non-hydrogen) atoms. The van der Waals surface area contributed by atoms with Crippen molar-refractivity contribution < 1.29 is 4.79 Å². The van der Waals surface area contributed by atoms with Crippen molar-refractivity contribution in [2.45, 2.75) is 13.8 Å². The monoisotopic (exact) mass is 327 g/mol. The normalized spacial score (nSPS) is 10.9. The van der Waals surface area contributed by atoms with Gasteiger partial charge in [-0.05, 0) is 43.7 Å². The van der Waals surface area contributed by atoms with Gasteiger partial charge in [0.05, 0.1) is 5.56 Å². The summed E-state index contributed by atoms with van der Waals surface area (Å²) in [6.07, 6.45) is 0. The van der Waals surface area contributed by atoms with Crippen LogP contribution in [-0.2, 0) is 0 Å². The first-order valence-corrected chi connectivity index (χ1v) is 7.25. The van der Waals surface area contributed by atoms with E-state index in [1.165, 1.54) is 0 Å². The zero-order chi connectivity index (χ0) is 14.3. The van der Waals surface area contributed by atoms with E-state index in [9.17, 15) is 4.79 Å². The molecule has 1 aromatic heterocycles. The molecule has 1 N–H and O–H groups in total. The molecule has 2 nitrogen and oxygen atoms in total. The van der Waals surface area contributed by atoms with Gasteiger partial charge in [0, 0.05) is 26.6 Å². The van der Waals surface area contributed by atoms with Crippen LogP contribution < -0.4 is 0 Å². The number of aromatic nitrogens is 1. The third-order valence-electron chi connectivity index (χ3n) is 3.42. The van der Waals surface area contributed by atoms with Gasteiger partial charge in [0.2, 0.25) is 0 Å². The molecule has 0 fully saturated rings. The fraction of sp³-hybridized carbons (Fsp3) is 0.118. The number of para-hydroxylation sites is 1. The Balaban J connectivity index is 2.20. The highest BCUT2D eigenvalue weighted by atomic mass is 79.9. The van der Waals surface area contributed by atoms with Gasteiger partial charge < -0.3 is 4.98 Å². The standard InChI is InChI=1S/C17H14BrNO/c1-10-7-12(9-13(18)8-10)17(20)16-11(2)19-15-6-4-3-5-14(15)16/h3-9,19H,1-2H3. The van der Waals surface area contributed by atoms with Crippen LogP contribution in [0, 0.1) is 13.8 Å². The maximum Gasteiger partial charge on any atom is 0.195 e. The zero-order valence-electron chi connectivity index (χ0n) is 11.3. The topological polar surface area (TPSA) is 32.9 Å². The van der Waals surface area contributed by atoms with Crippen molar-refractivity contribution in [3.05, 3.63) is 69.3 Å². The fourth-order valence-electron chi connectivity index (χ4n) is 2.58. The first kappa shape index (κ1) is 13.1. The molecule has 0 atom stereocenters. The van der Waals surface area contributed by atoms with Gasteiger partial charge in [0.1, 0.15) is 0 Å². The number of hydrogen-bond acceptors (Lipinski definition) is 1. The van der Waals surface area contributed by atoms with Gasteiger partial charge in [-0.3, -0.25) is 4.79 Å². The van der Waals surface area contributed by atoms with Gasteiger partial charge in [0.15, 0.2) is 5.78 Å². The quantitative estimate of drug-likeness (QED) is 0.675. The Kier molecular flexibility index (Phi) is 3.22. The van der Waals surface area contributed by atoms with Crippen molar-refractivity contribution in [1.29, 1.82) is 0 Å². The number of fused-ring (bicyclic) bond motifs is 1. The average Bonchev–Trinajstić information content (AvgIpc) is 2.72. The van der Waals surface area contributed by atoms with Crippen LogP contribution in [0.5, 0.6) is 0 Å². The SMILES string of the molecule is Cc1cc(Br)cc(C(=O)c2c(C)[nH]c3ccccc23)c1. The van der Waals surface area contributed by atoms with E-state index in [2.05, 4.69) is 20.9 Å². The van der Waals surface area contributed by atoms with E-state index in [1.54, 1.807) is 0 Å². The lowest BCUT2D eigenvalue weighted by Gasteiger charge is -2.04. The van der Waals surface area contributed by atoms with Crippen LogP contribution in [0.15, 0.2) is 46.9 Å². The Hall–Kier alpha value is -1.87. The van der Waals surface area contributed by atoms with Crippen molar-refractivity contribution in [3.8, 4) is 0 Å². The lowest BCUT2D eigenvalue weighted by molar-refractivity contribution is 0.103. The number of ketones is 1. The van der Waals surface area contributed by atoms with E-state index >= 15 is 0 Å². The van der Waals surface area contributed by atoms with Crippen LogP contribution in [-0.4, -0.2) is 10.8 Å². The Morgan fingerprint density at radius 1 is 1.10 bits per heavy atom. The van der Waals surface area contributed by atoms with E-state index in [0.717, 1.165) is 32.2 Å². The summed E-state index contributed by atoms with van der Waals surface area (Å²) < 4.78 is 0.929. The Bertz CT molecular complexity index is 797. The van der Waals surface area contributed by atoms with Gasteiger partial charge in [-0.25, -0.2) is 0 Å². The van der Waals surface area contributed by atoms with Crippen molar-refractivity contribution in [3.63, 3.8) is 0 Å². The molecule has 0 spiro atoms. The molecule has 0 saturated carbocycles. The molecular formula is C17H14BrNO. The van der Waals surface area contributed by atoms with Crippen molar-refractivity contribution in [2.24, 2.45) is 0 Å². The molecule has 0 bridgehead atoms. The summed E-state index contributed by atoms with van der Waals surface area (Å²) in [6, 6.07) is 13.7. The average molecular weight is 328 g/mol. The number of hydrogen-bond donors (Lipinski definition) is 1. The first-order valence-electron chi connectivity index (χ1n) is 6.45. The number of aromatic amines is 1. The fourth-order valence-corrected chi connectivity index (χ4v) is 3.19. The van der Waals surface area contributed by atoms with E-state index in [1.807, 2.05) is 56.3 Å².